The standard InChI is InChI=1S/C21H19FN2O3/c1-14-7-8-15(2)24(14)17-11-9-16(10-12-17)21(26)27-13-20(25)23-19-6-4-3-5-18(19)22/h3-12H,13H2,1-2H3,(H,23,25). The lowest BCUT2D eigenvalue weighted by Crippen LogP contribution is -2.21. The van der Waals surface area contributed by atoms with Gasteiger partial charge in [-0.25, -0.2) is 9.18 Å². The molecule has 0 aliphatic rings. The van der Waals surface area contributed by atoms with E-state index in [0.717, 1.165) is 17.1 Å². The second-order valence-corrected chi connectivity index (χ2v) is 6.10. The topological polar surface area (TPSA) is 60.3 Å². The molecule has 1 N–H and O–H groups in total. The highest BCUT2D eigenvalue weighted by atomic mass is 19.1. The maximum Gasteiger partial charge on any atom is 0.338 e. The van der Waals surface area contributed by atoms with Gasteiger partial charge in [-0.3, -0.25) is 4.79 Å². The van der Waals surface area contributed by atoms with Crippen LogP contribution in [0.25, 0.3) is 5.69 Å². The molecule has 0 fully saturated rings. The fourth-order valence-corrected chi connectivity index (χ4v) is 2.79. The first-order valence-corrected chi connectivity index (χ1v) is 8.42. The van der Waals surface area contributed by atoms with Crippen LogP contribution in [0.15, 0.2) is 60.7 Å². The van der Waals surface area contributed by atoms with E-state index in [9.17, 15) is 14.0 Å². The van der Waals surface area contributed by atoms with Crippen LogP contribution >= 0.6 is 0 Å². The van der Waals surface area contributed by atoms with Gasteiger partial charge in [0.25, 0.3) is 5.91 Å². The summed E-state index contributed by atoms with van der Waals surface area (Å²) in [4.78, 5) is 23.9. The molecular formula is C21H19FN2O3. The van der Waals surface area contributed by atoms with E-state index in [-0.39, 0.29) is 5.69 Å². The average Bonchev–Trinajstić information content (AvgIpc) is 3.00. The zero-order valence-electron chi connectivity index (χ0n) is 15.0. The van der Waals surface area contributed by atoms with E-state index in [2.05, 4.69) is 9.88 Å². The number of aryl methyl sites for hydroxylation is 2. The lowest BCUT2D eigenvalue weighted by atomic mass is 10.2. The first-order chi connectivity index (χ1) is 13.0. The van der Waals surface area contributed by atoms with Crippen molar-refractivity contribution in [3.05, 3.63) is 83.4 Å². The Bertz CT molecular complexity index is 958. The van der Waals surface area contributed by atoms with E-state index >= 15 is 0 Å². The van der Waals surface area contributed by atoms with Crippen molar-refractivity contribution >= 4 is 17.6 Å². The van der Waals surface area contributed by atoms with E-state index in [1.165, 1.54) is 18.2 Å². The summed E-state index contributed by atoms with van der Waals surface area (Å²) in [5, 5.41) is 2.36. The van der Waals surface area contributed by atoms with E-state index in [1.54, 1.807) is 18.2 Å². The van der Waals surface area contributed by atoms with Crippen LogP contribution in [-0.2, 0) is 9.53 Å². The molecule has 0 aliphatic carbocycles. The molecule has 0 bridgehead atoms. The van der Waals surface area contributed by atoms with Crippen LogP contribution in [0.2, 0.25) is 0 Å². The van der Waals surface area contributed by atoms with Crippen molar-refractivity contribution in [3.63, 3.8) is 0 Å². The minimum Gasteiger partial charge on any atom is -0.452 e. The van der Waals surface area contributed by atoms with Gasteiger partial charge < -0.3 is 14.6 Å². The molecule has 0 aliphatic heterocycles. The van der Waals surface area contributed by atoms with Gasteiger partial charge in [-0.05, 0) is 62.4 Å². The summed E-state index contributed by atoms with van der Waals surface area (Å²) in [6.45, 7) is 3.51. The molecule has 1 amide bonds. The van der Waals surface area contributed by atoms with Crippen molar-refractivity contribution in [3.8, 4) is 5.69 Å². The van der Waals surface area contributed by atoms with Crippen LogP contribution in [0.4, 0.5) is 10.1 Å². The number of hydrogen-bond donors (Lipinski definition) is 1. The van der Waals surface area contributed by atoms with Gasteiger partial charge in [-0.2, -0.15) is 0 Å². The van der Waals surface area contributed by atoms with Crippen molar-refractivity contribution in [1.29, 1.82) is 0 Å². The summed E-state index contributed by atoms with van der Waals surface area (Å²) >= 11 is 0. The zero-order chi connectivity index (χ0) is 19.4. The SMILES string of the molecule is Cc1ccc(C)n1-c1ccc(C(=O)OCC(=O)Nc2ccccc2F)cc1. The highest BCUT2D eigenvalue weighted by molar-refractivity contribution is 5.95. The Balaban J connectivity index is 1.60. The van der Waals surface area contributed by atoms with Crippen molar-refractivity contribution in [2.24, 2.45) is 0 Å². The van der Waals surface area contributed by atoms with Crippen LogP contribution in [0, 0.1) is 19.7 Å². The molecule has 5 nitrogen and oxygen atoms in total. The molecule has 3 rings (SSSR count). The summed E-state index contributed by atoms with van der Waals surface area (Å²) in [7, 11) is 0. The monoisotopic (exact) mass is 366 g/mol. The Morgan fingerprint density at radius 3 is 2.22 bits per heavy atom. The Kier molecular flexibility index (Phi) is 5.35. The molecule has 0 saturated heterocycles. The summed E-state index contributed by atoms with van der Waals surface area (Å²) in [5.41, 5.74) is 3.49. The number of aromatic nitrogens is 1. The third-order valence-electron chi connectivity index (χ3n) is 4.11. The third kappa shape index (κ3) is 4.23. The van der Waals surface area contributed by atoms with Crippen LogP contribution in [0.1, 0.15) is 21.7 Å². The number of anilines is 1. The number of carbonyl (C=O) groups excluding carboxylic acids is 2. The molecule has 0 radical (unpaired) electrons. The molecule has 0 atom stereocenters. The van der Waals surface area contributed by atoms with Crippen LogP contribution in [-0.4, -0.2) is 23.1 Å². The fraction of sp³-hybridized carbons (Fsp3) is 0.143. The first kappa shape index (κ1) is 18.4. The molecule has 27 heavy (non-hydrogen) atoms. The second kappa shape index (κ2) is 7.86. The molecule has 138 valence electrons. The third-order valence-corrected chi connectivity index (χ3v) is 4.11. The molecule has 3 aromatic rings. The number of ether oxygens (including phenoxy) is 1. The quantitative estimate of drug-likeness (QED) is 0.694. The van der Waals surface area contributed by atoms with Crippen LogP contribution in [0.5, 0.6) is 0 Å². The Morgan fingerprint density at radius 2 is 1.59 bits per heavy atom. The van der Waals surface area contributed by atoms with E-state index in [0.29, 0.717) is 5.56 Å². The number of esters is 1. The van der Waals surface area contributed by atoms with Crippen molar-refractivity contribution in [2.45, 2.75) is 13.8 Å². The number of nitrogens with zero attached hydrogens (tertiary/aromatic N) is 1. The van der Waals surface area contributed by atoms with E-state index < -0.39 is 24.3 Å². The maximum absolute atomic E-state index is 13.5. The van der Waals surface area contributed by atoms with Gasteiger partial charge >= 0.3 is 5.97 Å². The normalized spacial score (nSPS) is 10.5. The molecule has 2 aromatic carbocycles. The van der Waals surface area contributed by atoms with Gasteiger partial charge in [0.15, 0.2) is 6.61 Å². The van der Waals surface area contributed by atoms with Gasteiger partial charge in [-0.1, -0.05) is 12.1 Å². The molecule has 1 heterocycles. The summed E-state index contributed by atoms with van der Waals surface area (Å²) in [6, 6.07) is 16.7. The van der Waals surface area contributed by atoms with E-state index in [4.69, 9.17) is 4.74 Å². The Morgan fingerprint density at radius 1 is 0.963 bits per heavy atom. The highest BCUT2D eigenvalue weighted by Crippen LogP contribution is 2.17. The van der Waals surface area contributed by atoms with Crippen molar-refractivity contribution in [1.82, 2.24) is 4.57 Å². The predicted octanol–water partition coefficient (Wildman–Crippen LogP) is 4.03. The summed E-state index contributed by atoms with van der Waals surface area (Å²) in [5.74, 6) is -1.78. The predicted molar refractivity (Wildman–Crippen MR) is 101 cm³/mol. The number of halogens is 1. The number of amides is 1. The number of para-hydroxylation sites is 1. The number of hydrogen-bond acceptors (Lipinski definition) is 3. The first-order valence-electron chi connectivity index (χ1n) is 8.42. The minimum absolute atomic E-state index is 0.0420. The molecule has 0 unspecified atom stereocenters. The largest absolute Gasteiger partial charge is 0.452 e. The van der Waals surface area contributed by atoms with Gasteiger partial charge in [0.2, 0.25) is 0 Å². The molecule has 6 heteroatoms. The minimum atomic E-state index is -0.619. The zero-order valence-corrected chi connectivity index (χ0v) is 15.0. The van der Waals surface area contributed by atoms with E-state index in [1.807, 2.05) is 38.1 Å². The second-order valence-electron chi connectivity index (χ2n) is 6.10. The Hall–Kier alpha value is -3.41. The highest BCUT2D eigenvalue weighted by Gasteiger charge is 2.12. The molecule has 1 aromatic heterocycles. The van der Waals surface area contributed by atoms with Crippen LogP contribution in [0.3, 0.4) is 0 Å². The Labute approximate surface area is 156 Å². The van der Waals surface area contributed by atoms with Gasteiger partial charge in [0, 0.05) is 17.1 Å². The molecule has 0 saturated carbocycles. The van der Waals surface area contributed by atoms with Crippen molar-refractivity contribution in [2.75, 3.05) is 11.9 Å². The lowest BCUT2D eigenvalue weighted by Gasteiger charge is -2.10. The molecular weight excluding hydrogens is 347 g/mol. The van der Waals surface area contributed by atoms with Gasteiger partial charge in [-0.15, -0.1) is 0 Å². The maximum atomic E-state index is 13.5. The summed E-state index contributed by atoms with van der Waals surface area (Å²) in [6.07, 6.45) is 0. The smallest absolute Gasteiger partial charge is 0.338 e. The molecule has 0 spiro atoms. The fourth-order valence-electron chi connectivity index (χ4n) is 2.79. The van der Waals surface area contributed by atoms with Gasteiger partial charge in [0.1, 0.15) is 5.82 Å². The number of nitrogens with one attached hydrogen (secondary N) is 1. The average molecular weight is 366 g/mol. The lowest BCUT2D eigenvalue weighted by molar-refractivity contribution is -0.119. The van der Waals surface area contributed by atoms with Crippen LogP contribution < -0.4 is 5.32 Å². The van der Waals surface area contributed by atoms with Crippen molar-refractivity contribution < 1.29 is 18.7 Å². The summed E-state index contributed by atoms with van der Waals surface area (Å²) < 4.78 is 20.6. The number of carbonyl (C=O) groups is 2. The number of benzene rings is 2. The number of rotatable bonds is 5. The van der Waals surface area contributed by atoms with Gasteiger partial charge in [0.05, 0.1) is 11.3 Å².